The molecule has 0 bridgehead atoms. The molecule has 1 amide bonds. The Morgan fingerprint density at radius 3 is 2.37 bits per heavy atom. The number of carbonyl (C=O) groups is 2. The molecule has 5 heteroatoms. The Morgan fingerprint density at radius 2 is 1.89 bits per heavy atom. The molecule has 0 saturated heterocycles. The van der Waals surface area contributed by atoms with Crippen molar-refractivity contribution in [2.45, 2.75) is 46.1 Å². The highest BCUT2D eigenvalue weighted by molar-refractivity contribution is 5.78. The number of esters is 1. The van der Waals surface area contributed by atoms with E-state index in [0.29, 0.717) is 13.2 Å². The van der Waals surface area contributed by atoms with Gasteiger partial charge in [0.1, 0.15) is 6.54 Å². The summed E-state index contributed by atoms with van der Waals surface area (Å²) in [6.07, 6.45) is 2.80. The van der Waals surface area contributed by atoms with Crippen LogP contribution in [-0.2, 0) is 14.3 Å². The highest BCUT2D eigenvalue weighted by atomic mass is 16.6. The largest absolute Gasteiger partial charge is 0.465 e. The summed E-state index contributed by atoms with van der Waals surface area (Å²) in [5, 5.41) is 0. The zero-order chi connectivity index (χ0) is 14.9. The Hall–Kier alpha value is -1.52. The average Bonchev–Trinajstić information content (AvgIpc) is 2.30. The number of nitrogens with zero attached hydrogens (tertiary/aromatic N) is 1. The van der Waals surface area contributed by atoms with Crippen molar-refractivity contribution in [3.05, 3.63) is 12.7 Å². The lowest BCUT2D eigenvalue weighted by Crippen LogP contribution is -2.48. The quantitative estimate of drug-likeness (QED) is 0.406. The molecule has 0 spiro atoms. The molecular formula is C14H25NO4. The molecule has 5 nitrogen and oxygen atoms in total. The summed E-state index contributed by atoms with van der Waals surface area (Å²) in [7, 11) is 0. The molecule has 0 heterocycles. The van der Waals surface area contributed by atoms with Gasteiger partial charge in [-0.25, -0.2) is 4.79 Å². The molecule has 0 saturated carbocycles. The average molecular weight is 271 g/mol. The SMILES string of the molecule is C=CCCCOC(=O)N(CC(=O)OCC)C(C)(C)C. The fraction of sp³-hybridized carbons (Fsp3) is 0.714. The Balaban J connectivity index is 4.45. The first kappa shape index (κ1) is 17.5. The van der Waals surface area contributed by atoms with Gasteiger partial charge in [0.2, 0.25) is 0 Å². The molecule has 0 unspecified atom stereocenters. The van der Waals surface area contributed by atoms with E-state index in [1.165, 1.54) is 4.90 Å². The number of allylic oxidation sites excluding steroid dienone is 1. The van der Waals surface area contributed by atoms with Crippen LogP contribution in [0.5, 0.6) is 0 Å². The van der Waals surface area contributed by atoms with Crippen LogP contribution in [0.15, 0.2) is 12.7 Å². The number of ether oxygens (including phenoxy) is 2. The van der Waals surface area contributed by atoms with Crippen molar-refractivity contribution in [3.63, 3.8) is 0 Å². The van der Waals surface area contributed by atoms with Crippen molar-refractivity contribution in [3.8, 4) is 0 Å². The molecule has 0 aliphatic carbocycles. The summed E-state index contributed by atoms with van der Waals surface area (Å²) in [6.45, 7) is 11.4. The number of rotatable bonds is 7. The third-order valence-electron chi connectivity index (χ3n) is 2.40. The molecule has 0 N–H and O–H groups in total. The van der Waals surface area contributed by atoms with E-state index in [1.54, 1.807) is 13.0 Å². The van der Waals surface area contributed by atoms with E-state index in [-0.39, 0.29) is 6.54 Å². The lowest BCUT2D eigenvalue weighted by Gasteiger charge is -2.33. The second kappa shape index (κ2) is 8.56. The molecule has 0 aromatic heterocycles. The summed E-state index contributed by atoms with van der Waals surface area (Å²) < 4.78 is 10.0. The topological polar surface area (TPSA) is 55.8 Å². The van der Waals surface area contributed by atoms with Gasteiger partial charge in [-0.15, -0.1) is 6.58 Å². The Kier molecular flexibility index (Phi) is 7.87. The highest BCUT2D eigenvalue weighted by Gasteiger charge is 2.30. The minimum atomic E-state index is -0.498. The van der Waals surface area contributed by atoms with E-state index < -0.39 is 17.6 Å². The highest BCUT2D eigenvalue weighted by Crippen LogP contribution is 2.15. The Labute approximate surface area is 115 Å². The monoisotopic (exact) mass is 271 g/mol. The van der Waals surface area contributed by atoms with Crippen molar-refractivity contribution >= 4 is 12.1 Å². The van der Waals surface area contributed by atoms with Gasteiger partial charge in [-0.05, 0) is 40.5 Å². The van der Waals surface area contributed by atoms with Crippen LogP contribution < -0.4 is 0 Å². The zero-order valence-corrected chi connectivity index (χ0v) is 12.4. The molecule has 19 heavy (non-hydrogen) atoms. The van der Waals surface area contributed by atoms with Crippen molar-refractivity contribution in [1.82, 2.24) is 4.90 Å². The van der Waals surface area contributed by atoms with Gasteiger partial charge in [0.15, 0.2) is 0 Å². The van der Waals surface area contributed by atoms with E-state index in [4.69, 9.17) is 9.47 Å². The standard InChI is InChI=1S/C14H25NO4/c1-6-8-9-10-19-13(17)15(14(3,4)5)11-12(16)18-7-2/h6H,1,7-11H2,2-5H3. The summed E-state index contributed by atoms with van der Waals surface area (Å²) in [5.74, 6) is -0.430. The first-order valence-corrected chi connectivity index (χ1v) is 6.53. The maximum atomic E-state index is 12.0. The maximum Gasteiger partial charge on any atom is 0.410 e. The lowest BCUT2D eigenvalue weighted by atomic mass is 10.1. The van der Waals surface area contributed by atoms with Crippen LogP contribution in [0.4, 0.5) is 4.79 Å². The lowest BCUT2D eigenvalue weighted by molar-refractivity contribution is -0.145. The maximum absolute atomic E-state index is 12.0. The third-order valence-corrected chi connectivity index (χ3v) is 2.40. The molecule has 0 atom stereocenters. The first-order valence-electron chi connectivity index (χ1n) is 6.53. The number of hydrogen-bond acceptors (Lipinski definition) is 4. The summed E-state index contributed by atoms with van der Waals surface area (Å²) >= 11 is 0. The minimum Gasteiger partial charge on any atom is -0.465 e. The number of unbranched alkanes of at least 4 members (excludes halogenated alkanes) is 1. The van der Waals surface area contributed by atoms with Gasteiger partial charge in [0, 0.05) is 5.54 Å². The predicted molar refractivity (Wildman–Crippen MR) is 73.9 cm³/mol. The van der Waals surface area contributed by atoms with E-state index in [1.807, 2.05) is 20.8 Å². The van der Waals surface area contributed by atoms with Crippen LogP contribution >= 0.6 is 0 Å². The summed E-state index contributed by atoms with van der Waals surface area (Å²) in [5.41, 5.74) is -0.498. The van der Waals surface area contributed by atoms with Gasteiger partial charge in [-0.1, -0.05) is 6.08 Å². The molecular weight excluding hydrogens is 246 g/mol. The molecule has 0 aliphatic rings. The fourth-order valence-electron chi connectivity index (χ4n) is 1.38. The van der Waals surface area contributed by atoms with E-state index in [9.17, 15) is 9.59 Å². The first-order chi connectivity index (χ1) is 8.82. The van der Waals surface area contributed by atoms with Crippen LogP contribution in [0.1, 0.15) is 40.5 Å². The van der Waals surface area contributed by atoms with Crippen LogP contribution in [0, 0.1) is 0 Å². The molecule has 110 valence electrons. The van der Waals surface area contributed by atoms with E-state index in [0.717, 1.165) is 12.8 Å². The van der Waals surface area contributed by atoms with Crippen molar-refractivity contribution in [2.24, 2.45) is 0 Å². The number of hydrogen-bond donors (Lipinski definition) is 0. The zero-order valence-electron chi connectivity index (χ0n) is 12.4. The Bertz CT molecular complexity index is 307. The van der Waals surface area contributed by atoms with Gasteiger partial charge in [-0.2, -0.15) is 0 Å². The van der Waals surface area contributed by atoms with Gasteiger partial charge >= 0.3 is 12.1 Å². The van der Waals surface area contributed by atoms with Crippen LogP contribution in [0.3, 0.4) is 0 Å². The van der Waals surface area contributed by atoms with Crippen molar-refractivity contribution < 1.29 is 19.1 Å². The van der Waals surface area contributed by atoms with E-state index in [2.05, 4.69) is 6.58 Å². The van der Waals surface area contributed by atoms with Crippen molar-refractivity contribution in [1.29, 1.82) is 0 Å². The molecule has 0 aromatic carbocycles. The summed E-state index contributed by atoms with van der Waals surface area (Å²) in [6, 6.07) is 0. The fourth-order valence-corrected chi connectivity index (χ4v) is 1.38. The third kappa shape index (κ3) is 7.49. The predicted octanol–water partition coefficient (Wildman–Crippen LogP) is 2.75. The molecule has 0 aromatic rings. The van der Waals surface area contributed by atoms with Gasteiger partial charge in [0.25, 0.3) is 0 Å². The molecule has 0 fully saturated rings. The molecule has 0 rings (SSSR count). The van der Waals surface area contributed by atoms with Crippen molar-refractivity contribution in [2.75, 3.05) is 19.8 Å². The minimum absolute atomic E-state index is 0.0996. The van der Waals surface area contributed by atoms with Crippen LogP contribution in [0.25, 0.3) is 0 Å². The smallest absolute Gasteiger partial charge is 0.410 e. The van der Waals surface area contributed by atoms with Crippen LogP contribution in [-0.4, -0.2) is 42.3 Å². The second-order valence-corrected chi connectivity index (χ2v) is 5.11. The normalized spacial score (nSPS) is 10.7. The molecule has 0 radical (unpaired) electrons. The second-order valence-electron chi connectivity index (χ2n) is 5.11. The van der Waals surface area contributed by atoms with Crippen LogP contribution in [0.2, 0.25) is 0 Å². The molecule has 0 aliphatic heterocycles. The van der Waals surface area contributed by atoms with E-state index >= 15 is 0 Å². The summed E-state index contributed by atoms with van der Waals surface area (Å²) in [4.78, 5) is 24.8. The Morgan fingerprint density at radius 1 is 1.26 bits per heavy atom. The number of amides is 1. The van der Waals surface area contributed by atoms with Gasteiger partial charge in [0.05, 0.1) is 13.2 Å². The van der Waals surface area contributed by atoms with Gasteiger partial charge in [-0.3, -0.25) is 9.69 Å². The number of carbonyl (C=O) groups excluding carboxylic acids is 2. The van der Waals surface area contributed by atoms with Gasteiger partial charge < -0.3 is 9.47 Å².